The molecule has 0 saturated heterocycles. The second kappa shape index (κ2) is 8.32. The number of para-hydroxylation sites is 3. The molecule has 6 aromatic carbocycles. The van der Waals surface area contributed by atoms with Gasteiger partial charge in [-0.15, -0.1) is 11.3 Å². The van der Waals surface area contributed by atoms with Crippen LogP contribution in [0.4, 0.5) is 0 Å². The van der Waals surface area contributed by atoms with E-state index >= 15 is 0 Å². The highest BCUT2D eigenvalue weighted by Crippen LogP contribution is 2.42. The summed E-state index contributed by atoms with van der Waals surface area (Å²) in [4.78, 5) is 0. The van der Waals surface area contributed by atoms with E-state index < -0.39 is 0 Å². The van der Waals surface area contributed by atoms with Crippen LogP contribution in [0, 0.1) is 11.3 Å². The van der Waals surface area contributed by atoms with Crippen LogP contribution < -0.4 is 0 Å². The van der Waals surface area contributed by atoms with Gasteiger partial charge in [-0.05, 0) is 60.7 Å². The zero-order valence-electron chi connectivity index (χ0n) is 21.9. The summed E-state index contributed by atoms with van der Waals surface area (Å²) >= 11 is 1.83. The van der Waals surface area contributed by atoms with Gasteiger partial charge in [-0.2, -0.15) is 5.26 Å². The minimum absolute atomic E-state index is 0.664. The van der Waals surface area contributed by atoms with Gasteiger partial charge in [0.25, 0.3) is 0 Å². The molecule has 41 heavy (non-hydrogen) atoms. The van der Waals surface area contributed by atoms with E-state index in [1.165, 1.54) is 47.4 Å². The number of benzene rings is 6. The zero-order chi connectivity index (χ0) is 27.1. The van der Waals surface area contributed by atoms with Gasteiger partial charge in [0.15, 0.2) is 0 Å². The molecule has 3 aromatic heterocycles. The summed E-state index contributed by atoms with van der Waals surface area (Å²) in [6.45, 7) is 0. The van der Waals surface area contributed by atoms with E-state index in [4.69, 9.17) is 0 Å². The third-order valence-corrected chi connectivity index (χ3v) is 9.47. The Bertz CT molecular complexity index is 2500. The van der Waals surface area contributed by atoms with Gasteiger partial charge < -0.3 is 9.13 Å². The number of hydrogen-bond donors (Lipinski definition) is 0. The molecule has 0 N–H and O–H groups in total. The van der Waals surface area contributed by atoms with Crippen LogP contribution in [0.25, 0.3) is 75.2 Å². The molecule has 0 bridgehead atoms. The maximum Gasteiger partial charge on any atom is 0.0992 e. The van der Waals surface area contributed by atoms with Gasteiger partial charge in [-0.1, -0.05) is 66.7 Å². The van der Waals surface area contributed by atoms with Crippen molar-refractivity contribution in [2.45, 2.75) is 0 Å². The lowest BCUT2D eigenvalue weighted by molar-refractivity contribution is 1.19. The van der Waals surface area contributed by atoms with Crippen LogP contribution in [0.3, 0.4) is 0 Å². The number of aromatic nitrogens is 2. The van der Waals surface area contributed by atoms with Crippen molar-refractivity contribution in [3.63, 3.8) is 0 Å². The Balaban J connectivity index is 1.40. The lowest BCUT2D eigenvalue weighted by Crippen LogP contribution is -1.95. The molecule has 0 unspecified atom stereocenters. The van der Waals surface area contributed by atoms with Crippen molar-refractivity contribution in [1.29, 1.82) is 5.26 Å². The molecule has 0 amide bonds. The molecule has 9 rings (SSSR count). The minimum Gasteiger partial charge on any atom is -0.309 e. The summed E-state index contributed by atoms with van der Waals surface area (Å²) in [6, 6.07) is 47.6. The number of thiophene rings is 1. The van der Waals surface area contributed by atoms with Crippen molar-refractivity contribution < 1.29 is 0 Å². The Kier molecular flexibility index (Phi) is 4.55. The Hall–Kier alpha value is -5.37. The summed E-state index contributed by atoms with van der Waals surface area (Å²) in [5.41, 5.74) is 7.56. The minimum atomic E-state index is 0.664. The molecule has 0 fully saturated rings. The Labute approximate surface area is 239 Å². The standard InChI is InChI=1S/C37H21N3S/c38-22-23-16-18-28-27-10-3-6-13-32(27)40(34(28)20-23)33-14-7-15-36-37(33)29-21-24(17-19-35(29)41-36)39-30-11-4-1-8-25(30)26-9-2-5-12-31(26)39/h1-21H. The number of rotatable bonds is 2. The second-order valence-corrected chi connectivity index (χ2v) is 11.6. The molecule has 0 atom stereocenters. The van der Waals surface area contributed by atoms with Gasteiger partial charge in [0.05, 0.1) is 39.4 Å². The molecule has 0 spiro atoms. The molecule has 0 saturated carbocycles. The number of nitrogens with zero attached hydrogens (tertiary/aromatic N) is 3. The van der Waals surface area contributed by atoms with Crippen LogP contribution in [0.15, 0.2) is 127 Å². The van der Waals surface area contributed by atoms with E-state index in [1.54, 1.807) is 0 Å². The van der Waals surface area contributed by atoms with Crippen LogP contribution >= 0.6 is 11.3 Å². The second-order valence-electron chi connectivity index (χ2n) is 10.5. The molecular weight excluding hydrogens is 518 g/mol. The first-order valence-corrected chi connectivity index (χ1v) is 14.5. The average Bonchev–Trinajstić information content (AvgIpc) is 3.68. The van der Waals surface area contributed by atoms with Gasteiger partial charge in [-0.25, -0.2) is 0 Å². The molecule has 0 radical (unpaired) electrons. The fourth-order valence-corrected chi connectivity index (χ4v) is 7.73. The summed E-state index contributed by atoms with van der Waals surface area (Å²) in [7, 11) is 0. The molecule has 0 aliphatic rings. The van der Waals surface area contributed by atoms with Crippen molar-refractivity contribution in [2.24, 2.45) is 0 Å². The van der Waals surface area contributed by atoms with Crippen molar-refractivity contribution in [1.82, 2.24) is 9.13 Å². The Morgan fingerprint density at radius 3 is 1.80 bits per heavy atom. The third kappa shape index (κ3) is 3.07. The van der Waals surface area contributed by atoms with Crippen LogP contribution in [0.1, 0.15) is 5.56 Å². The molecule has 9 aromatic rings. The van der Waals surface area contributed by atoms with Crippen LogP contribution in [0.5, 0.6) is 0 Å². The maximum absolute atomic E-state index is 9.73. The van der Waals surface area contributed by atoms with E-state index in [0.717, 1.165) is 27.8 Å². The smallest absolute Gasteiger partial charge is 0.0992 e. The van der Waals surface area contributed by atoms with Gasteiger partial charge in [-0.3, -0.25) is 0 Å². The van der Waals surface area contributed by atoms with Crippen molar-refractivity contribution in [2.75, 3.05) is 0 Å². The van der Waals surface area contributed by atoms with E-state index in [9.17, 15) is 5.26 Å². The maximum atomic E-state index is 9.73. The number of fused-ring (bicyclic) bond motifs is 9. The first-order valence-electron chi connectivity index (χ1n) is 13.7. The highest BCUT2D eigenvalue weighted by Gasteiger charge is 2.18. The largest absolute Gasteiger partial charge is 0.309 e. The molecule has 0 aliphatic carbocycles. The molecular formula is C37H21N3S. The molecule has 0 aliphatic heterocycles. The predicted molar refractivity (Wildman–Crippen MR) is 173 cm³/mol. The SMILES string of the molecule is N#Cc1ccc2c3ccccc3n(-c3cccc4sc5ccc(-n6c7ccccc7c7ccccc76)cc5c34)c2c1. The fourth-order valence-electron chi connectivity index (χ4n) is 6.62. The van der Waals surface area contributed by atoms with Crippen LogP contribution in [-0.2, 0) is 0 Å². The normalized spacial score (nSPS) is 11.9. The van der Waals surface area contributed by atoms with E-state index in [0.29, 0.717) is 5.56 Å². The highest BCUT2D eigenvalue weighted by molar-refractivity contribution is 7.25. The summed E-state index contributed by atoms with van der Waals surface area (Å²) in [5, 5.41) is 17.1. The summed E-state index contributed by atoms with van der Waals surface area (Å²) in [6.07, 6.45) is 0. The summed E-state index contributed by atoms with van der Waals surface area (Å²) < 4.78 is 7.23. The quantitative estimate of drug-likeness (QED) is 0.215. The lowest BCUT2D eigenvalue weighted by atomic mass is 10.1. The van der Waals surface area contributed by atoms with Gasteiger partial charge >= 0.3 is 0 Å². The van der Waals surface area contributed by atoms with E-state index in [2.05, 4.69) is 130 Å². The topological polar surface area (TPSA) is 33.6 Å². The van der Waals surface area contributed by atoms with Gasteiger partial charge in [0.2, 0.25) is 0 Å². The van der Waals surface area contributed by atoms with Crippen molar-refractivity contribution >= 4 is 75.1 Å². The third-order valence-electron chi connectivity index (χ3n) is 8.34. The van der Waals surface area contributed by atoms with Crippen LogP contribution in [-0.4, -0.2) is 9.13 Å². The predicted octanol–water partition coefficient (Wildman–Crippen LogP) is 10.1. The Morgan fingerprint density at radius 2 is 1.12 bits per heavy atom. The molecule has 190 valence electrons. The average molecular weight is 540 g/mol. The Morgan fingerprint density at radius 1 is 0.488 bits per heavy atom. The van der Waals surface area contributed by atoms with Gasteiger partial charge in [0, 0.05) is 47.4 Å². The lowest BCUT2D eigenvalue weighted by Gasteiger charge is -2.11. The summed E-state index contributed by atoms with van der Waals surface area (Å²) in [5.74, 6) is 0. The molecule has 3 nitrogen and oxygen atoms in total. The van der Waals surface area contributed by atoms with Crippen LogP contribution in [0.2, 0.25) is 0 Å². The van der Waals surface area contributed by atoms with Crippen molar-refractivity contribution in [3.8, 4) is 17.4 Å². The molecule has 4 heteroatoms. The number of hydrogen-bond acceptors (Lipinski definition) is 2. The first kappa shape index (κ1) is 22.4. The number of nitriles is 1. The molecule has 3 heterocycles. The van der Waals surface area contributed by atoms with Gasteiger partial charge in [0.1, 0.15) is 0 Å². The highest BCUT2D eigenvalue weighted by atomic mass is 32.1. The van der Waals surface area contributed by atoms with Crippen molar-refractivity contribution in [3.05, 3.63) is 133 Å². The zero-order valence-corrected chi connectivity index (χ0v) is 22.7. The van der Waals surface area contributed by atoms with E-state index in [-0.39, 0.29) is 0 Å². The fraction of sp³-hybridized carbons (Fsp3) is 0. The van der Waals surface area contributed by atoms with E-state index in [1.807, 2.05) is 23.5 Å². The monoisotopic (exact) mass is 539 g/mol. The first-order chi connectivity index (χ1) is 20.3.